The number of benzene rings is 3. The van der Waals surface area contributed by atoms with E-state index in [0.29, 0.717) is 20.6 Å². The highest BCUT2D eigenvalue weighted by Gasteiger charge is 2.18. The molecule has 0 fully saturated rings. The van der Waals surface area contributed by atoms with Gasteiger partial charge in [-0.1, -0.05) is 47.5 Å². The van der Waals surface area contributed by atoms with Gasteiger partial charge >= 0.3 is 0 Å². The molecule has 3 aromatic rings. The Balaban J connectivity index is 1.98. The quantitative estimate of drug-likeness (QED) is 0.227. The molecule has 0 heterocycles. The highest BCUT2D eigenvalue weighted by atomic mass is 79.9. The average Bonchev–Trinajstić information content (AvgIpc) is 2.76. The SMILES string of the molecule is O=C(Nc1cc(Cl)ccc1Cl)C(=Cc1cccc([N+](=O)[O-])c1)NC(=O)c1ccccc1Br. The molecule has 2 N–H and O–H groups in total. The average molecular weight is 535 g/mol. The summed E-state index contributed by atoms with van der Waals surface area (Å²) in [7, 11) is 0. The van der Waals surface area contributed by atoms with Gasteiger partial charge in [0.05, 0.1) is 21.2 Å². The Morgan fingerprint density at radius 3 is 2.47 bits per heavy atom. The lowest BCUT2D eigenvalue weighted by atomic mass is 10.1. The Bertz CT molecular complexity index is 1250. The largest absolute Gasteiger partial charge is 0.319 e. The molecule has 0 atom stereocenters. The Morgan fingerprint density at radius 2 is 1.75 bits per heavy atom. The standard InChI is InChI=1S/C22H14BrCl2N3O4/c23-17-7-2-1-6-16(17)21(29)27-20(11-13-4-3-5-15(10-13)28(31)32)22(30)26-19-12-14(24)8-9-18(19)25/h1-12H,(H,26,30)(H,27,29). The highest BCUT2D eigenvalue weighted by molar-refractivity contribution is 9.10. The Morgan fingerprint density at radius 1 is 1.00 bits per heavy atom. The van der Waals surface area contributed by atoms with Crippen molar-refractivity contribution < 1.29 is 14.5 Å². The molecule has 0 saturated heterocycles. The van der Waals surface area contributed by atoms with E-state index in [2.05, 4.69) is 26.6 Å². The number of carbonyl (C=O) groups is 2. The van der Waals surface area contributed by atoms with Gasteiger partial charge in [-0.05, 0) is 57.9 Å². The molecule has 0 aliphatic heterocycles. The molecule has 7 nitrogen and oxygen atoms in total. The Labute approximate surface area is 201 Å². The van der Waals surface area contributed by atoms with Gasteiger partial charge < -0.3 is 10.6 Å². The van der Waals surface area contributed by atoms with Gasteiger partial charge in [-0.2, -0.15) is 0 Å². The first-order valence-corrected chi connectivity index (χ1v) is 10.6. The fourth-order valence-corrected chi connectivity index (χ4v) is 3.47. The Kier molecular flexibility index (Phi) is 7.63. The van der Waals surface area contributed by atoms with Crippen molar-refractivity contribution in [3.05, 3.63) is 108 Å². The summed E-state index contributed by atoms with van der Waals surface area (Å²) < 4.78 is 0.533. The predicted octanol–water partition coefficient (Wildman–Crippen LogP) is 6.07. The minimum atomic E-state index is -0.693. The summed E-state index contributed by atoms with van der Waals surface area (Å²) in [6, 6.07) is 16.9. The lowest BCUT2D eigenvalue weighted by molar-refractivity contribution is -0.384. The number of halogens is 3. The zero-order chi connectivity index (χ0) is 23.3. The van der Waals surface area contributed by atoms with Gasteiger partial charge in [0.15, 0.2) is 0 Å². The number of nitro groups is 1. The number of carbonyl (C=O) groups excluding carboxylic acids is 2. The number of non-ortho nitro benzene ring substituents is 1. The number of hydrogen-bond acceptors (Lipinski definition) is 4. The minimum Gasteiger partial charge on any atom is -0.319 e. The molecular weight excluding hydrogens is 521 g/mol. The van der Waals surface area contributed by atoms with Crippen LogP contribution in [0.3, 0.4) is 0 Å². The third-order valence-electron chi connectivity index (χ3n) is 4.18. The van der Waals surface area contributed by atoms with Crippen LogP contribution in [0.1, 0.15) is 15.9 Å². The van der Waals surface area contributed by atoms with Crippen LogP contribution in [0.5, 0.6) is 0 Å². The van der Waals surface area contributed by atoms with Gasteiger partial charge in [0.25, 0.3) is 17.5 Å². The summed E-state index contributed by atoms with van der Waals surface area (Å²) in [4.78, 5) is 36.3. The van der Waals surface area contributed by atoms with E-state index < -0.39 is 16.7 Å². The summed E-state index contributed by atoms with van der Waals surface area (Å²) in [5, 5.41) is 16.8. The van der Waals surface area contributed by atoms with Crippen molar-refractivity contribution in [1.29, 1.82) is 0 Å². The summed E-state index contributed by atoms with van der Waals surface area (Å²) >= 11 is 15.4. The monoisotopic (exact) mass is 533 g/mol. The number of nitro benzene ring substituents is 1. The van der Waals surface area contributed by atoms with E-state index in [1.54, 1.807) is 36.4 Å². The number of nitrogens with one attached hydrogen (secondary N) is 2. The maximum atomic E-state index is 13.0. The Hall–Kier alpha value is -3.20. The van der Waals surface area contributed by atoms with Gasteiger partial charge in [-0.3, -0.25) is 19.7 Å². The molecule has 3 rings (SSSR count). The smallest absolute Gasteiger partial charge is 0.272 e. The molecule has 162 valence electrons. The minimum absolute atomic E-state index is 0.151. The van der Waals surface area contributed by atoms with Crippen LogP contribution in [-0.2, 0) is 4.79 Å². The molecule has 0 bridgehead atoms. The first kappa shape index (κ1) is 23.5. The van der Waals surface area contributed by atoms with E-state index in [4.69, 9.17) is 23.2 Å². The van der Waals surface area contributed by atoms with Gasteiger partial charge in [0.2, 0.25) is 0 Å². The summed E-state index contributed by atoms with van der Waals surface area (Å²) in [6.45, 7) is 0. The second kappa shape index (κ2) is 10.4. The number of hydrogen-bond donors (Lipinski definition) is 2. The topological polar surface area (TPSA) is 101 Å². The molecule has 0 aliphatic rings. The van der Waals surface area contributed by atoms with Gasteiger partial charge in [0, 0.05) is 21.6 Å². The predicted molar refractivity (Wildman–Crippen MR) is 128 cm³/mol. The van der Waals surface area contributed by atoms with Crippen LogP contribution >= 0.6 is 39.1 Å². The van der Waals surface area contributed by atoms with Crippen molar-refractivity contribution in [2.45, 2.75) is 0 Å². The first-order chi connectivity index (χ1) is 15.2. The normalized spacial score (nSPS) is 11.0. The molecule has 3 aromatic carbocycles. The molecular formula is C22H14BrCl2N3O4. The molecule has 0 aliphatic carbocycles. The van der Waals surface area contributed by atoms with E-state index in [1.807, 2.05) is 0 Å². The summed E-state index contributed by atoms with van der Waals surface area (Å²) in [6.07, 6.45) is 1.33. The second-order valence-corrected chi connectivity index (χ2v) is 8.12. The van der Waals surface area contributed by atoms with Gasteiger partial charge in [-0.25, -0.2) is 0 Å². The molecule has 0 spiro atoms. The maximum Gasteiger partial charge on any atom is 0.272 e. The van der Waals surface area contributed by atoms with Crippen molar-refractivity contribution in [3.8, 4) is 0 Å². The summed E-state index contributed by atoms with van der Waals surface area (Å²) in [5.74, 6) is -1.25. The zero-order valence-electron chi connectivity index (χ0n) is 16.1. The van der Waals surface area contributed by atoms with Crippen molar-refractivity contribution in [2.75, 3.05) is 5.32 Å². The van der Waals surface area contributed by atoms with Crippen LogP contribution in [0.4, 0.5) is 11.4 Å². The maximum absolute atomic E-state index is 13.0. The van der Waals surface area contributed by atoms with Crippen molar-refractivity contribution >= 4 is 68.4 Å². The number of rotatable bonds is 6. The highest BCUT2D eigenvalue weighted by Crippen LogP contribution is 2.26. The molecule has 0 unspecified atom stereocenters. The second-order valence-electron chi connectivity index (χ2n) is 6.42. The molecule has 10 heteroatoms. The van der Waals surface area contributed by atoms with Crippen LogP contribution < -0.4 is 10.6 Å². The molecule has 0 radical (unpaired) electrons. The van der Waals surface area contributed by atoms with Crippen molar-refractivity contribution in [2.24, 2.45) is 0 Å². The van der Waals surface area contributed by atoms with Crippen molar-refractivity contribution in [1.82, 2.24) is 5.32 Å². The fraction of sp³-hybridized carbons (Fsp3) is 0. The van der Waals surface area contributed by atoms with E-state index >= 15 is 0 Å². The number of amides is 2. The van der Waals surface area contributed by atoms with Gasteiger partial charge in [0.1, 0.15) is 5.70 Å². The van der Waals surface area contributed by atoms with Crippen LogP contribution in [0.25, 0.3) is 6.08 Å². The zero-order valence-corrected chi connectivity index (χ0v) is 19.2. The van der Waals surface area contributed by atoms with E-state index in [9.17, 15) is 19.7 Å². The first-order valence-electron chi connectivity index (χ1n) is 9.03. The van der Waals surface area contributed by atoms with Crippen LogP contribution in [0, 0.1) is 10.1 Å². The lowest BCUT2D eigenvalue weighted by Crippen LogP contribution is -2.31. The molecule has 0 aromatic heterocycles. The third kappa shape index (κ3) is 5.94. The molecule has 2 amide bonds. The van der Waals surface area contributed by atoms with E-state index in [-0.39, 0.29) is 22.1 Å². The number of nitrogens with zero attached hydrogens (tertiary/aromatic N) is 1. The summed E-state index contributed by atoms with van der Waals surface area (Å²) in [5.41, 5.74) is 0.570. The van der Waals surface area contributed by atoms with Crippen LogP contribution in [0.15, 0.2) is 76.9 Å². The number of anilines is 1. The van der Waals surface area contributed by atoms with Crippen molar-refractivity contribution in [3.63, 3.8) is 0 Å². The van der Waals surface area contributed by atoms with E-state index in [0.717, 1.165) is 0 Å². The van der Waals surface area contributed by atoms with Crippen LogP contribution in [-0.4, -0.2) is 16.7 Å². The van der Waals surface area contributed by atoms with Crippen LogP contribution in [0.2, 0.25) is 10.0 Å². The van der Waals surface area contributed by atoms with E-state index in [1.165, 1.54) is 36.4 Å². The third-order valence-corrected chi connectivity index (χ3v) is 5.44. The van der Waals surface area contributed by atoms with Gasteiger partial charge in [-0.15, -0.1) is 0 Å². The fourth-order valence-electron chi connectivity index (χ4n) is 2.67. The lowest BCUT2D eigenvalue weighted by Gasteiger charge is -2.13. The molecule has 32 heavy (non-hydrogen) atoms. The molecule has 0 saturated carbocycles.